The Kier molecular flexibility index (Phi) is 2.56. The minimum absolute atomic E-state index is 0.118. The van der Waals surface area contributed by atoms with Gasteiger partial charge in [-0.1, -0.05) is 37.1 Å². The SMILES string of the molecule is O=C1N2C[C@H](Cc3c[nH]nn3)S[C@H]2C1(Br)Br. The first-order valence-electron chi connectivity index (χ1n) is 4.78. The van der Waals surface area contributed by atoms with Crippen LogP contribution >= 0.6 is 43.6 Å². The van der Waals surface area contributed by atoms with Crippen molar-refractivity contribution in [1.29, 1.82) is 0 Å². The second kappa shape index (κ2) is 3.71. The van der Waals surface area contributed by atoms with Crippen LogP contribution in [-0.2, 0) is 11.2 Å². The van der Waals surface area contributed by atoms with Gasteiger partial charge < -0.3 is 4.90 Å². The van der Waals surface area contributed by atoms with E-state index in [0.717, 1.165) is 18.7 Å². The average molecular weight is 368 g/mol. The Morgan fingerprint density at radius 3 is 3.12 bits per heavy atom. The van der Waals surface area contributed by atoms with Gasteiger partial charge in [-0.25, -0.2) is 0 Å². The van der Waals surface area contributed by atoms with Crippen LogP contribution in [0.1, 0.15) is 5.69 Å². The van der Waals surface area contributed by atoms with E-state index in [1.54, 1.807) is 18.0 Å². The van der Waals surface area contributed by atoms with Crippen LogP contribution in [0.15, 0.2) is 6.20 Å². The topological polar surface area (TPSA) is 61.9 Å². The van der Waals surface area contributed by atoms with E-state index in [1.807, 2.05) is 4.90 Å². The van der Waals surface area contributed by atoms with E-state index >= 15 is 0 Å². The zero-order valence-electron chi connectivity index (χ0n) is 8.06. The van der Waals surface area contributed by atoms with E-state index < -0.39 is 3.23 Å². The Morgan fingerprint density at radius 2 is 2.50 bits per heavy atom. The average Bonchev–Trinajstić information content (AvgIpc) is 2.86. The van der Waals surface area contributed by atoms with Gasteiger partial charge in [-0.3, -0.25) is 9.89 Å². The van der Waals surface area contributed by atoms with E-state index in [9.17, 15) is 4.79 Å². The maximum atomic E-state index is 11.7. The van der Waals surface area contributed by atoms with Gasteiger partial charge in [0.2, 0.25) is 0 Å². The number of rotatable bonds is 2. The van der Waals surface area contributed by atoms with Crippen LogP contribution in [0.4, 0.5) is 0 Å². The molecule has 0 spiro atoms. The van der Waals surface area contributed by atoms with Crippen molar-refractivity contribution >= 4 is 49.5 Å². The lowest BCUT2D eigenvalue weighted by Gasteiger charge is -2.44. The molecule has 3 heterocycles. The van der Waals surface area contributed by atoms with Crippen molar-refractivity contribution in [3.05, 3.63) is 11.9 Å². The summed E-state index contributed by atoms with van der Waals surface area (Å²) in [6.45, 7) is 0.792. The summed E-state index contributed by atoms with van der Waals surface area (Å²) in [6, 6.07) is 0. The normalized spacial score (nSPS) is 31.4. The molecule has 1 amide bonds. The number of aromatic nitrogens is 3. The van der Waals surface area contributed by atoms with Crippen LogP contribution in [0.5, 0.6) is 0 Å². The van der Waals surface area contributed by atoms with Gasteiger partial charge in [-0.05, 0) is 0 Å². The van der Waals surface area contributed by atoms with E-state index in [0.29, 0.717) is 5.25 Å². The van der Waals surface area contributed by atoms with Crippen LogP contribution in [0, 0.1) is 0 Å². The van der Waals surface area contributed by atoms with E-state index in [2.05, 4.69) is 47.3 Å². The predicted octanol–water partition coefficient (Wildman–Crippen LogP) is 1.12. The van der Waals surface area contributed by atoms with E-state index in [1.165, 1.54) is 0 Å². The molecule has 2 saturated heterocycles. The summed E-state index contributed by atoms with van der Waals surface area (Å²) in [5, 5.41) is 10.9. The van der Waals surface area contributed by atoms with E-state index in [4.69, 9.17) is 0 Å². The Balaban J connectivity index is 1.68. The predicted molar refractivity (Wildman–Crippen MR) is 67.6 cm³/mol. The largest absolute Gasteiger partial charge is 0.325 e. The number of alkyl halides is 2. The maximum Gasteiger partial charge on any atom is 0.254 e. The first kappa shape index (κ1) is 11.0. The standard InChI is InChI=1S/C8H8Br2N4OS/c9-8(10)6(15)14-3-5(16-7(8)14)1-4-2-11-13-12-4/h2,5,7H,1,3H2,(H,11,12,13)/t5-,7-/m0/s1. The van der Waals surface area contributed by atoms with E-state index in [-0.39, 0.29) is 11.3 Å². The Morgan fingerprint density at radius 1 is 1.69 bits per heavy atom. The summed E-state index contributed by atoms with van der Waals surface area (Å²) < 4.78 is -0.552. The highest BCUT2D eigenvalue weighted by molar-refractivity contribution is 9.26. The summed E-state index contributed by atoms with van der Waals surface area (Å²) in [6.07, 6.45) is 2.64. The number of thioether (sulfide) groups is 1. The first-order chi connectivity index (χ1) is 7.59. The highest BCUT2D eigenvalue weighted by Crippen LogP contribution is 2.54. The van der Waals surface area contributed by atoms with Gasteiger partial charge in [0.05, 0.1) is 5.69 Å². The molecule has 0 aromatic carbocycles. The number of aromatic amines is 1. The Bertz CT molecular complexity index is 424. The summed E-state index contributed by atoms with van der Waals surface area (Å²) >= 11 is 8.62. The van der Waals surface area contributed by atoms with Gasteiger partial charge in [0, 0.05) is 24.4 Å². The number of nitrogens with zero attached hydrogens (tertiary/aromatic N) is 3. The van der Waals surface area contributed by atoms with Crippen molar-refractivity contribution in [2.45, 2.75) is 20.3 Å². The molecular formula is C8H8Br2N4OS. The second-order valence-electron chi connectivity index (χ2n) is 3.86. The van der Waals surface area contributed by atoms with Crippen molar-refractivity contribution in [3.63, 3.8) is 0 Å². The number of β-lactam (4-membered cyclic amide) rings is 1. The summed E-state index contributed by atoms with van der Waals surface area (Å²) in [4.78, 5) is 13.6. The van der Waals surface area contributed by atoms with Crippen molar-refractivity contribution < 1.29 is 4.79 Å². The Hall–Kier alpha value is -0.0800. The zero-order valence-corrected chi connectivity index (χ0v) is 12.0. The third-order valence-electron chi connectivity index (χ3n) is 2.77. The van der Waals surface area contributed by atoms with Crippen molar-refractivity contribution in [1.82, 2.24) is 20.3 Å². The fourth-order valence-electron chi connectivity index (χ4n) is 1.99. The molecule has 0 radical (unpaired) electrons. The molecular weight excluding hydrogens is 360 g/mol. The number of carbonyl (C=O) groups is 1. The van der Waals surface area contributed by atoms with Gasteiger partial charge in [0.1, 0.15) is 5.37 Å². The van der Waals surface area contributed by atoms with Crippen molar-refractivity contribution in [2.75, 3.05) is 6.54 Å². The molecule has 0 bridgehead atoms. The van der Waals surface area contributed by atoms with Crippen molar-refractivity contribution in [3.8, 4) is 0 Å². The molecule has 0 saturated carbocycles. The second-order valence-corrected chi connectivity index (χ2v) is 8.81. The molecule has 1 N–H and O–H groups in total. The molecule has 2 aliphatic heterocycles. The smallest absolute Gasteiger partial charge is 0.254 e. The highest BCUT2D eigenvalue weighted by Gasteiger charge is 2.62. The quantitative estimate of drug-likeness (QED) is 0.628. The number of fused-ring (bicyclic) bond motifs is 1. The highest BCUT2D eigenvalue weighted by atomic mass is 79.9. The number of carbonyl (C=O) groups excluding carboxylic acids is 1. The number of H-pyrrole nitrogens is 1. The van der Waals surface area contributed by atoms with Gasteiger partial charge in [0.15, 0.2) is 3.23 Å². The zero-order chi connectivity index (χ0) is 11.3. The third kappa shape index (κ3) is 1.53. The van der Waals surface area contributed by atoms with Crippen LogP contribution in [-0.4, -0.2) is 46.6 Å². The number of nitrogens with one attached hydrogen (secondary N) is 1. The first-order valence-corrected chi connectivity index (χ1v) is 7.31. The lowest BCUT2D eigenvalue weighted by molar-refractivity contribution is -0.140. The Labute approximate surface area is 113 Å². The molecule has 2 fully saturated rings. The minimum atomic E-state index is -0.552. The molecule has 16 heavy (non-hydrogen) atoms. The lowest BCUT2D eigenvalue weighted by Crippen LogP contribution is -2.63. The lowest BCUT2D eigenvalue weighted by atomic mass is 10.1. The van der Waals surface area contributed by atoms with Gasteiger partial charge in [-0.15, -0.1) is 16.9 Å². The third-order valence-corrected chi connectivity index (χ3v) is 6.48. The van der Waals surface area contributed by atoms with Crippen LogP contribution in [0.2, 0.25) is 0 Å². The molecule has 1 aromatic heterocycles. The molecule has 8 heteroatoms. The molecule has 5 nitrogen and oxygen atoms in total. The fourth-order valence-corrected chi connectivity index (χ4v) is 5.06. The summed E-state index contributed by atoms with van der Waals surface area (Å²) in [7, 11) is 0. The summed E-state index contributed by atoms with van der Waals surface area (Å²) in [5.74, 6) is 0.118. The van der Waals surface area contributed by atoms with Crippen LogP contribution in [0.3, 0.4) is 0 Å². The van der Waals surface area contributed by atoms with Gasteiger partial charge >= 0.3 is 0 Å². The van der Waals surface area contributed by atoms with Gasteiger partial charge in [-0.2, -0.15) is 0 Å². The van der Waals surface area contributed by atoms with Crippen LogP contribution < -0.4 is 0 Å². The number of amides is 1. The van der Waals surface area contributed by atoms with Crippen LogP contribution in [0.25, 0.3) is 0 Å². The molecule has 86 valence electrons. The number of hydrogen-bond acceptors (Lipinski definition) is 4. The minimum Gasteiger partial charge on any atom is -0.325 e. The monoisotopic (exact) mass is 366 g/mol. The summed E-state index contributed by atoms with van der Waals surface area (Å²) in [5.41, 5.74) is 0.946. The molecule has 0 aliphatic carbocycles. The molecule has 0 unspecified atom stereocenters. The maximum absolute atomic E-state index is 11.7. The molecule has 1 aromatic rings. The molecule has 3 rings (SSSR count). The van der Waals surface area contributed by atoms with Gasteiger partial charge in [0.25, 0.3) is 5.91 Å². The fraction of sp³-hybridized carbons (Fsp3) is 0.625. The van der Waals surface area contributed by atoms with Crippen molar-refractivity contribution in [2.24, 2.45) is 0 Å². The molecule has 2 atom stereocenters. The number of hydrogen-bond donors (Lipinski definition) is 1. The molecule has 2 aliphatic rings. The number of halogens is 2.